The van der Waals surface area contributed by atoms with Crippen molar-refractivity contribution in [3.05, 3.63) is 64.8 Å². The highest BCUT2D eigenvalue weighted by molar-refractivity contribution is 5.67. The molecule has 108 valence electrons. The van der Waals surface area contributed by atoms with E-state index in [0.717, 1.165) is 22.5 Å². The van der Waals surface area contributed by atoms with E-state index in [1.165, 1.54) is 11.1 Å². The second-order valence-corrected chi connectivity index (χ2v) is 5.45. The van der Waals surface area contributed by atoms with Crippen LogP contribution < -0.4 is 0 Å². The first-order valence-electron chi connectivity index (χ1n) is 7.10. The quantitative estimate of drug-likeness (QED) is 0.722. The van der Waals surface area contributed by atoms with Gasteiger partial charge in [0.05, 0.1) is 5.69 Å². The van der Waals surface area contributed by atoms with Crippen LogP contribution in [0, 0.1) is 32.1 Å². The highest BCUT2D eigenvalue weighted by Gasteiger charge is 2.16. The van der Waals surface area contributed by atoms with Gasteiger partial charge < -0.3 is 0 Å². The lowest BCUT2D eigenvalue weighted by molar-refractivity contribution is 0.805. The molecule has 0 fully saturated rings. The number of hydrogen-bond donors (Lipinski definition) is 0. The first kappa shape index (κ1) is 14.0. The van der Waals surface area contributed by atoms with Crippen LogP contribution >= 0.6 is 0 Å². The minimum absolute atomic E-state index is 0.337. The molecule has 0 aliphatic carbocycles. The Bertz CT molecular complexity index is 884. The summed E-state index contributed by atoms with van der Waals surface area (Å²) in [5.41, 5.74) is 6.46. The molecule has 4 nitrogen and oxygen atoms in total. The van der Waals surface area contributed by atoms with Gasteiger partial charge in [-0.2, -0.15) is 5.26 Å². The maximum Gasteiger partial charge on any atom is 0.191 e. The number of aryl methyl sites for hydroxylation is 3. The van der Waals surface area contributed by atoms with E-state index in [0.29, 0.717) is 5.69 Å². The lowest BCUT2D eigenvalue weighted by Gasteiger charge is -2.09. The first-order valence-corrected chi connectivity index (χ1v) is 7.10. The maximum absolute atomic E-state index is 9.34. The number of hydrogen-bond acceptors (Lipinski definition) is 3. The van der Waals surface area contributed by atoms with Crippen molar-refractivity contribution in [1.82, 2.24) is 15.0 Å². The number of nitrogens with zero attached hydrogens (tertiary/aromatic N) is 4. The van der Waals surface area contributed by atoms with Crippen LogP contribution in [0.5, 0.6) is 0 Å². The average Bonchev–Trinajstić information content (AvgIpc) is 2.94. The fraction of sp³-hybridized carbons (Fsp3) is 0.167. The SMILES string of the molecule is Cc1cccc(-c2c(C#N)nnn2-c2ccc(C)c(C)c2)c1. The topological polar surface area (TPSA) is 54.5 Å². The summed E-state index contributed by atoms with van der Waals surface area (Å²) in [5, 5.41) is 17.5. The highest BCUT2D eigenvalue weighted by atomic mass is 15.4. The molecule has 0 spiro atoms. The van der Waals surface area contributed by atoms with Gasteiger partial charge in [0, 0.05) is 5.56 Å². The van der Waals surface area contributed by atoms with E-state index in [9.17, 15) is 5.26 Å². The Labute approximate surface area is 129 Å². The summed E-state index contributed by atoms with van der Waals surface area (Å²) in [6, 6.07) is 16.3. The van der Waals surface area contributed by atoms with Crippen LogP contribution in [0.3, 0.4) is 0 Å². The van der Waals surface area contributed by atoms with Crippen LogP contribution in [-0.2, 0) is 0 Å². The van der Waals surface area contributed by atoms with Gasteiger partial charge >= 0.3 is 0 Å². The third-order valence-electron chi connectivity index (χ3n) is 3.80. The fourth-order valence-electron chi connectivity index (χ4n) is 2.45. The molecule has 0 saturated heterocycles. The third kappa shape index (κ3) is 2.38. The zero-order valence-electron chi connectivity index (χ0n) is 12.8. The van der Waals surface area contributed by atoms with E-state index >= 15 is 0 Å². The Kier molecular flexibility index (Phi) is 3.48. The zero-order valence-corrected chi connectivity index (χ0v) is 12.8. The lowest BCUT2D eigenvalue weighted by atomic mass is 10.1. The number of benzene rings is 2. The van der Waals surface area contributed by atoms with Gasteiger partial charge in [0.15, 0.2) is 5.69 Å². The molecule has 3 aromatic rings. The van der Waals surface area contributed by atoms with E-state index < -0.39 is 0 Å². The molecule has 0 bridgehead atoms. The van der Waals surface area contributed by atoms with Gasteiger partial charge in [0.2, 0.25) is 0 Å². The van der Waals surface area contributed by atoms with Gasteiger partial charge in [-0.3, -0.25) is 0 Å². The Morgan fingerprint density at radius 3 is 2.50 bits per heavy atom. The lowest BCUT2D eigenvalue weighted by Crippen LogP contribution is -2.01. The standard InChI is InChI=1S/C18H16N4/c1-12-5-4-6-15(9-12)18-17(11-19)20-21-22(18)16-8-7-13(2)14(3)10-16/h4-10H,1-3H3. The van der Waals surface area contributed by atoms with Crippen molar-refractivity contribution in [2.75, 3.05) is 0 Å². The van der Waals surface area contributed by atoms with E-state index in [4.69, 9.17) is 0 Å². The monoisotopic (exact) mass is 288 g/mol. The van der Waals surface area contributed by atoms with E-state index in [-0.39, 0.29) is 0 Å². The van der Waals surface area contributed by atoms with Crippen LogP contribution in [0.2, 0.25) is 0 Å². The van der Waals surface area contributed by atoms with Crippen molar-refractivity contribution in [3.63, 3.8) is 0 Å². The molecular weight excluding hydrogens is 272 g/mol. The Balaban J connectivity index is 2.24. The molecule has 3 rings (SSSR count). The van der Waals surface area contributed by atoms with Crippen molar-refractivity contribution >= 4 is 0 Å². The summed E-state index contributed by atoms with van der Waals surface area (Å²) in [4.78, 5) is 0. The van der Waals surface area contributed by atoms with Crippen molar-refractivity contribution in [3.8, 4) is 23.0 Å². The van der Waals surface area contributed by atoms with Gasteiger partial charge in [0.1, 0.15) is 11.8 Å². The van der Waals surface area contributed by atoms with E-state index in [1.807, 2.05) is 37.3 Å². The molecule has 0 saturated carbocycles. The van der Waals surface area contributed by atoms with Crippen LogP contribution in [0.15, 0.2) is 42.5 Å². The Hall–Kier alpha value is -2.93. The van der Waals surface area contributed by atoms with Crippen molar-refractivity contribution in [2.45, 2.75) is 20.8 Å². The molecule has 0 amide bonds. The van der Waals surface area contributed by atoms with E-state index in [2.05, 4.69) is 42.4 Å². The summed E-state index contributed by atoms with van der Waals surface area (Å²) in [6.07, 6.45) is 0. The number of rotatable bonds is 2. The molecule has 0 N–H and O–H groups in total. The van der Waals surface area contributed by atoms with Crippen molar-refractivity contribution in [2.24, 2.45) is 0 Å². The summed E-state index contributed by atoms with van der Waals surface area (Å²) in [6.45, 7) is 6.16. The predicted molar refractivity (Wildman–Crippen MR) is 85.7 cm³/mol. The van der Waals surface area contributed by atoms with Crippen LogP contribution in [0.25, 0.3) is 16.9 Å². The second kappa shape index (κ2) is 5.45. The molecule has 0 aliphatic rings. The molecular formula is C18H16N4. The molecule has 1 aromatic heterocycles. The Morgan fingerprint density at radius 2 is 1.82 bits per heavy atom. The van der Waals surface area contributed by atoms with Gasteiger partial charge in [-0.25, -0.2) is 4.68 Å². The molecule has 0 unspecified atom stereocenters. The minimum Gasteiger partial charge on any atom is -0.211 e. The fourth-order valence-corrected chi connectivity index (χ4v) is 2.45. The summed E-state index contributed by atoms with van der Waals surface area (Å²) >= 11 is 0. The van der Waals surface area contributed by atoms with Gasteiger partial charge in [-0.15, -0.1) is 5.10 Å². The molecule has 2 aromatic carbocycles. The average molecular weight is 288 g/mol. The van der Waals surface area contributed by atoms with Crippen molar-refractivity contribution < 1.29 is 0 Å². The van der Waals surface area contributed by atoms with Gasteiger partial charge in [0.25, 0.3) is 0 Å². The second-order valence-electron chi connectivity index (χ2n) is 5.45. The third-order valence-corrected chi connectivity index (χ3v) is 3.80. The molecule has 1 heterocycles. The Morgan fingerprint density at radius 1 is 1.00 bits per heavy atom. The van der Waals surface area contributed by atoms with Gasteiger partial charge in [-0.05, 0) is 50.1 Å². The summed E-state index contributed by atoms with van der Waals surface area (Å²) in [5.74, 6) is 0. The summed E-state index contributed by atoms with van der Waals surface area (Å²) in [7, 11) is 0. The predicted octanol–water partition coefficient (Wildman–Crippen LogP) is 3.73. The molecule has 0 atom stereocenters. The number of nitriles is 1. The molecule has 4 heteroatoms. The zero-order chi connectivity index (χ0) is 15.7. The van der Waals surface area contributed by atoms with Gasteiger partial charge in [-0.1, -0.05) is 35.0 Å². The smallest absolute Gasteiger partial charge is 0.191 e. The maximum atomic E-state index is 9.34. The molecule has 0 radical (unpaired) electrons. The highest BCUT2D eigenvalue weighted by Crippen LogP contribution is 2.26. The van der Waals surface area contributed by atoms with Crippen LogP contribution in [-0.4, -0.2) is 15.0 Å². The normalized spacial score (nSPS) is 10.5. The first-order chi connectivity index (χ1) is 10.6. The number of aromatic nitrogens is 3. The largest absolute Gasteiger partial charge is 0.211 e. The van der Waals surface area contributed by atoms with Crippen molar-refractivity contribution in [1.29, 1.82) is 5.26 Å². The molecule has 0 aliphatic heterocycles. The summed E-state index contributed by atoms with van der Waals surface area (Å²) < 4.78 is 1.74. The molecule has 22 heavy (non-hydrogen) atoms. The van der Waals surface area contributed by atoms with Crippen LogP contribution in [0.1, 0.15) is 22.4 Å². The van der Waals surface area contributed by atoms with Crippen LogP contribution in [0.4, 0.5) is 0 Å². The minimum atomic E-state index is 0.337. The van der Waals surface area contributed by atoms with E-state index in [1.54, 1.807) is 4.68 Å².